The van der Waals surface area contributed by atoms with Crippen molar-refractivity contribution < 1.29 is 4.74 Å². The van der Waals surface area contributed by atoms with Gasteiger partial charge in [-0.05, 0) is 43.4 Å². The number of piperazine rings is 1. The molecule has 3 rings (SSSR count). The fourth-order valence-electron chi connectivity index (χ4n) is 2.94. The normalized spacial score (nSPS) is 14.3. The van der Waals surface area contributed by atoms with Crippen molar-refractivity contribution in [2.24, 2.45) is 0 Å². The number of anilines is 2. The summed E-state index contributed by atoms with van der Waals surface area (Å²) in [7, 11) is 0. The van der Waals surface area contributed by atoms with Gasteiger partial charge in [0.1, 0.15) is 5.75 Å². The van der Waals surface area contributed by atoms with Gasteiger partial charge in [-0.1, -0.05) is 41.4 Å². The van der Waals surface area contributed by atoms with E-state index in [1.165, 1.54) is 0 Å². The van der Waals surface area contributed by atoms with Gasteiger partial charge >= 0.3 is 0 Å². The predicted octanol–water partition coefficient (Wildman–Crippen LogP) is 4.91. The van der Waals surface area contributed by atoms with E-state index in [2.05, 4.69) is 21.2 Å². The van der Waals surface area contributed by atoms with E-state index < -0.39 is 0 Å². The summed E-state index contributed by atoms with van der Waals surface area (Å²) in [5, 5.41) is 4.86. The van der Waals surface area contributed by atoms with Crippen molar-refractivity contribution in [2.45, 2.75) is 6.92 Å². The topological polar surface area (TPSA) is 27.7 Å². The number of halogens is 2. The molecule has 1 aliphatic rings. The molecule has 0 bridgehead atoms. The van der Waals surface area contributed by atoms with E-state index in [4.69, 9.17) is 40.2 Å². The van der Waals surface area contributed by atoms with Crippen LogP contribution in [0, 0.1) is 0 Å². The monoisotopic (exact) mass is 409 g/mol. The van der Waals surface area contributed by atoms with Gasteiger partial charge in [0.2, 0.25) is 0 Å². The van der Waals surface area contributed by atoms with Crippen LogP contribution in [-0.4, -0.2) is 42.8 Å². The molecule has 4 nitrogen and oxygen atoms in total. The molecule has 2 aromatic carbocycles. The fraction of sp³-hybridized carbons (Fsp3) is 0.316. The lowest BCUT2D eigenvalue weighted by Crippen LogP contribution is -2.50. The largest absolute Gasteiger partial charge is 0.492 e. The summed E-state index contributed by atoms with van der Waals surface area (Å²) < 4.78 is 5.75. The molecule has 1 saturated heterocycles. The van der Waals surface area contributed by atoms with E-state index in [0.717, 1.165) is 43.3 Å². The van der Waals surface area contributed by atoms with E-state index in [1.807, 2.05) is 37.3 Å². The first-order chi connectivity index (χ1) is 12.6. The summed E-state index contributed by atoms with van der Waals surface area (Å²) in [5.41, 5.74) is 1.86. The quantitative estimate of drug-likeness (QED) is 0.723. The van der Waals surface area contributed by atoms with Gasteiger partial charge in [-0.2, -0.15) is 0 Å². The average molecular weight is 410 g/mol. The van der Waals surface area contributed by atoms with Crippen LogP contribution in [0.2, 0.25) is 10.0 Å². The minimum absolute atomic E-state index is 0.487. The Morgan fingerprint density at radius 3 is 2.54 bits per heavy atom. The van der Waals surface area contributed by atoms with Crippen LogP contribution in [0.15, 0.2) is 42.5 Å². The van der Waals surface area contributed by atoms with Crippen molar-refractivity contribution in [3.05, 3.63) is 52.5 Å². The number of nitrogens with one attached hydrogen (secondary N) is 1. The molecule has 26 heavy (non-hydrogen) atoms. The lowest BCUT2D eigenvalue weighted by molar-refractivity contribution is 0.336. The maximum absolute atomic E-state index is 6.23. The van der Waals surface area contributed by atoms with E-state index in [-0.39, 0.29) is 0 Å². The Hall–Kier alpha value is -1.69. The molecule has 1 fully saturated rings. The number of nitrogens with zero attached hydrogens (tertiary/aromatic N) is 2. The van der Waals surface area contributed by atoms with Gasteiger partial charge < -0.3 is 19.9 Å². The van der Waals surface area contributed by atoms with Crippen LogP contribution in [0.25, 0.3) is 0 Å². The highest BCUT2D eigenvalue weighted by Crippen LogP contribution is 2.31. The van der Waals surface area contributed by atoms with Gasteiger partial charge in [0.05, 0.1) is 28.0 Å². The highest BCUT2D eigenvalue weighted by molar-refractivity contribution is 7.80. The Kier molecular flexibility index (Phi) is 6.46. The number of rotatable bonds is 4. The maximum atomic E-state index is 6.23. The number of hydrogen-bond donors (Lipinski definition) is 1. The molecule has 0 unspecified atom stereocenters. The molecule has 0 saturated carbocycles. The number of ether oxygens (including phenoxy) is 1. The first-order valence-electron chi connectivity index (χ1n) is 8.57. The third kappa shape index (κ3) is 4.34. The molecule has 0 spiro atoms. The molecular weight excluding hydrogens is 389 g/mol. The smallest absolute Gasteiger partial charge is 0.173 e. The summed E-state index contributed by atoms with van der Waals surface area (Å²) in [6.07, 6.45) is 0. The third-order valence-corrected chi connectivity index (χ3v) is 5.45. The summed E-state index contributed by atoms with van der Waals surface area (Å²) in [5.74, 6) is 0.926. The second-order valence-corrected chi connectivity index (χ2v) is 7.08. The third-order valence-electron chi connectivity index (χ3n) is 4.27. The molecule has 1 aliphatic heterocycles. The molecule has 0 aromatic heterocycles. The van der Waals surface area contributed by atoms with Gasteiger partial charge in [-0.3, -0.25) is 0 Å². The van der Waals surface area contributed by atoms with Gasteiger partial charge in [-0.15, -0.1) is 0 Å². The Bertz CT molecular complexity index is 779. The zero-order valence-corrected chi connectivity index (χ0v) is 16.9. The molecule has 0 radical (unpaired) electrons. The molecule has 7 heteroatoms. The first-order valence-corrected chi connectivity index (χ1v) is 9.73. The zero-order valence-electron chi connectivity index (χ0n) is 14.5. The molecule has 0 amide bonds. The zero-order chi connectivity index (χ0) is 18.5. The number of para-hydroxylation sites is 2. The highest BCUT2D eigenvalue weighted by atomic mass is 35.5. The van der Waals surface area contributed by atoms with E-state index in [0.29, 0.717) is 21.8 Å². The Balaban J connectivity index is 1.62. The number of benzene rings is 2. The standard InChI is InChI=1S/C19H21Cl2N3OS/c1-2-25-17-9-4-3-8-16(17)23-10-12-24(13-11-23)19(26)22-15-7-5-6-14(20)18(15)21/h3-9H,2,10-13H2,1H3,(H,22,26). The summed E-state index contributed by atoms with van der Waals surface area (Å²) in [6, 6.07) is 13.6. The van der Waals surface area contributed by atoms with Crippen LogP contribution in [0.1, 0.15) is 6.92 Å². The highest BCUT2D eigenvalue weighted by Gasteiger charge is 2.21. The SMILES string of the molecule is CCOc1ccccc1N1CCN(C(=S)Nc2cccc(Cl)c2Cl)CC1. The van der Waals surface area contributed by atoms with Gasteiger partial charge in [-0.25, -0.2) is 0 Å². The van der Waals surface area contributed by atoms with Gasteiger partial charge in [0.25, 0.3) is 0 Å². The van der Waals surface area contributed by atoms with Crippen molar-refractivity contribution in [3.63, 3.8) is 0 Å². The number of hydrogen-bond acceptors (Lipinski definition) is 3. The van der Waals surface area contributed by atoms with Crippen LogP contribution < -0.4 is 15.0 Å². The molecule has 1 heterocycles. The van der Waals surface area contributed by atoms with Crippen molar-refractivity contribution in [1.82, 2.24) is 4.90 Å². The van der Waals surface area contributed by atoms with Crippen LogP contribution in [0.5, 0.6) is 5.75 Å². The number of thiocarbonyl (C=S) groups is 1. The molecule has 0 aliphatic carbocycles. The lowest BCUT2D eigenvalue weighted by atomic mass is 10.2. The summed E-state index contributed by atoms with van der Waals surface area (Å²) in [4.78, 5) is 4.48. The van der Waals surface area contributed by atoms with Crippen LogP contribution in [0.4, 0.5) is 11.4 Å². The summed E-state index contributed by atoms with van der Waals surface area (Å²) in [6.45, 7) is 6.05. The van der Waals surface area contributed by atoms with E-state index in [1.54, 1.807) is 6.07 Å². The van der Waals surface area contributed by atoms with Crippen LogP contribution >= 0.6 is 35.4 Å². The molecule has 1 N–H and O–H groups in total. The minimum Gasteiger partial charge on any atom is -0.492 e. The second-order valence-electron chi connectivity index (χ2n) is 5.91. The average Bonchev–Trinajstić information content (AvgIpc) is 2.66. The molecule has 2 aromatic rings. The van der Waals surface area contributed by atoms with E-state index in [9.17, 15) is 0 Å². The van der Waals surface area contributed by atoms with Crippen molar-refractivity contribution in [1.29, 1.82) is 0 Å². The van der Waals surface area contributed by atoms with Crippen LogP contribution in [0.3, 0.4) is 0 Å². The van der Waals surface area contributed by atoms with Crippen molar-refractivity contribution >= 4 is 51.9 Å². The Morgan fingerprint density at radius 1 is 1.08 bits per heavy atom. The van der Waals surface area contributed by atoms with Crippen molar-refractivity contribution in [2.75, 3.05) is 43.0 Å². The summed E-state index contributed by atoms with van der Waals surface area (Å²) >= 11 is 17.8. The molecular formula is C19H21Cl2N3OS. The second kappa shape index (κ2) is 8.80. The minimum atomic E-state index is 0.487. The van der Waals surface area contributed by atoms with Gasteiger partial charge in [0, 0.05) is 26.2 Å². The lowest BCUT2D eigenvalue weighted by Gasteiger charge is -2.38. The first kappa shape index (κ1) is 19.1. The van der Waals surface area contributed by atoms with Gasteiger partial charge in [0.15, 0.2) is 5.11 Å². The fourth-order valence-corrected chi connectivity index (χ4v) is 3.58. The van der Waals surface area contributed by atoms with Crippen LogP contribution in [-0.2, 0) is 0 Å². The molecule has 0 atom stereocenters. The Morgan fingerprint density at radius 2 is 1.81 bits per heavy atom. The van der Waals surface area contributed by atoms with E-state index >= 15 is 0 Å². The molecule has 138 valence electrons. The Labute approximate surface area is 169 Å². The maximum Gasteiger partial charge on any atom is 0.173 e. The van der Waals surface area contributed by atoms with Crippen molar-refractivity contribution in [3.8, 4) is 5.75 Å². The predicted molar refractivity (Wildman–Crippen MR) is 114 cm³/mol.